The molecule has 0 aliphatic heterocycles. The molecule has 1 aromatic heterocycles. The number of nitrogens with two attached hydrogens (primary N) is 1. The topological polar surface area (TPSA) is 43.8 Å². The summed E-state index contributed by atoms with van der Waals surface area (Å²) in [6, 6.07) is 8.21. The van der Waals surface area contributed by atoms with Gasteiger partial charge >= 0.3 is 0 Å². The molecule has 0 atom stereocenters. The van der Waals surface area contributed by atoms with Crippen molar-refractivity contribution in [1.29, 1.82) is 0 Å². The minimum atomic E-state index is -0.127. The number of aryl methyl sites for hydroxylation is 2. The van der Waals surface area contributed by atoms with Gasteiger partial charge in [0, 0.05) is 19.0 Å². The fourth-order valence-electron chi connectivity index (χ4n) is 1.85. The Balaban J connectivity index is 2.28. The zero-order valence-electron chi connectivity index (χ0n) is 10.2. The molecule has 0 fully saturated rings. The van der Waals surface area contributed by atoms with E-state index in [0.717, 1.165) is 24.2 Å². The minimum Gasteiger partial charge on any atom is -0.331 e. The fraction of sp³-hybridized carbons (Fsp3) is 0.462. The predicted octanol–water partition coefficient (Wildman–Crippen LogP) is 2.24. The first kappa shape index (κ1) is 11.1. The number of imidazole rings is 1. The fourth-order valence-corrected chi connectivity index (χ4v) is 1.85. The largest absolute Gasteiger partial charge is 0.331 e. The maximum absolute atomic E-state index is 5.99. The van der Waals surface area contributed by atoms with Crippen LogP contribution in [-0.4, -0.2) is 15.1 Å². The average Bonchev–Trinajstić information content (AvgIpc) is 2.53. The highest BCUT2D eigenvalue weighted by Gasteiger charge is 2.13. The lowest BCUT2D eigenvalue weighted by atomic mass is 10.00. The highest BCUT2D eigenvalue weighted by Crippen LogP contribution is 2.17. The lowest BCUT2D eigenvalue weighted by Gasteiger charge is -2.17. The third kappa shape index (κ3) is 2.25. The minimum absolute atomic E-state index is 0.127. The highest BCUT2D eigenvalue weighted by atomic mass is 15.1. The molecular weight excluding hydrogens is 198 g/mol. The Kier molecular flexibility index (Phi) is 2.72. The molecule has 0 unspecified atom stereocenters. The van der Waals surface area contributed by atoms with Crippen molar-refractivity contribution >= 4 is 11.0 Å². The number of benzene rings is 1. The first-order valence-corrected chi connectivity index (χ1v) is 5.66. The zero-order chi connectivity index (χ0) is 11.8. The normalized spacial score (nSPS) is 12.2. The predicted molar refractivity (Wildman–Crippen MR) is 67.3 cm³/mol. The Morgan fingerprint density at radius 3 is 2.62 bits per heavy atom. The molecule has 0 saturated heterocycles. The van der Waals surface area contributed by atoms with Crippen LogP contribution < -0.4 is 5.73 Å². The quantitative estimate of drug-likeness (QED) is 0.857. The molecule has 0 radical (unpaired) electrons. The van der Waals surface area contributed by atoms with Gasteiger partial charge in [-0.05, 0) is 32.4 Å². The van der Waals surface area contributed by atoms with Crippen LogP contribution in [0.5, 0.6) is 0 Å². The van der Waals surface area contributed by atoms with Gasteiger partial charge in [0.05, 0.1) is 11.0 Å². The van der Waals surface area contributed by atoms with E-state index < -0.39 is 0 Å². The van der Waals surface area contributed by atoms with Crippen molar-refractivity contribution in [2.75, 3.05) is 0 Å². The molecule has 2 rings (SSSR count). The summed E-state index contributed by atoms with van der Waals surface area (Å²) in [6.45, 7) is 4.10. The molecule has 86 valence electrons. The molecular formula is C13H19N3. The van der Waals surface area contributed by atoms with E-state index in [-0.39, 0.29) is 5.54 Å². The van der Waals surface area contributed by atoms with Gasteiger partial charge in [0.2, 0.25) is 0 Å². The molecule has 0 spiro atoms. The molecule has 0 bridgehead atoms. The van der Waals surface area contributed by atoms with E-state index >= 15 is 0 Å². The van der Waals surface area contributed by atoms with Gasteiger partial charge in [0.15, 0.2) is 0 Å². The third-order valence-electron chi connectivity index (χ3n) is 2.87. The molecule has 0 aliphatic rings. The van der Waals surface area contributed by atoms with Crippen LogP contribution in [0.1, 0.15) is 26.1 Å². The van der Waals surface area contributed by atoms with E-state index in [4.69, 9.17) is 5.73 Å². The summed E-state index contributed by atoms with van der Waals surface area (Å²) >= 11 is 0. The number of fused-ring (bicyclic) bond motifs is 1. The van der Waals surface area contributed by atoms with E-state index in [9.17, 15) is 0 Å². The number of hydrogen-bond donors (Lipinski definition) is 1. The van der Waals surface area contributed by atoms with E-state index in [1.165, 1.54) is 5.52 Å². The molecule has 3 heteroatoms. The van der Waals surface area contributed by atoms with Crippen LogP contribution in [0.2, 0.25) is 0 Å². The van der Waals surface area contributed by atoms with Crippen LogP contribution in [0.15, 0.2) is 24.3 Å². The standard InChI is InChI=1S/C13H19N3/c1-13(2,14)9-8-12-15-10-6-4-5-7-11(10)16(12)3/h4-7H,8-9,14H2,1-3H3. The Morgan fingerprint density at radius 2 is 2.00 bits per heavy atom. The van der Waals surface area contributed by atoms with Crippen molar-refractivity contribution in [2.24, 2.45) is 12.8 Å². The van der Waals surface area contributed by atoms with Crippen LogP contribution in [-0.2, 0) is 13.5 Å². The number of nitrogens with zero attached hydrogens (tertiary/aromatic N) is 2. The second-order valence-electron chi connectivity index (χ2n) is 5.06. The molecule has 3 nitrogen and oxygen atoms in total. The van der Waals surface area contributed by atoms with Gasteiger partial charge in [-0.2, -0.15) is 0 Å². The molecule has 0 aliphatic carbocycles. The van der Waals surface area contributed by atoms with Crippen LogP contribution in [0.25, 0.3) is 11.0 Å². The van der Waals surface area contributed by atoms with Crippen LogP contribution in [0.3, 0.4) is 0 Å². The third-order valence-corrected chi connectivity index (χ3v) is 2.87. The second kappa shape index (κ2) is 3.91. The lowest BCUT2D eigenvalue weighted by molar-refractivity contribution is 0.468. The van der Waals surface area contributed by atoms with Gasteiger partial charge in [-0.15, -0.1) is 0 Å². The molecule has 2 N–H and O–H groups in total. The van der Waals surface area contributed by atoms with Crippen molar-refractivity contribution in [3.63, 3.8) is 0 Å². The summed E-state index contributed by atoms with van der Waals surface area (Å²) in [5.74, 6) is 1.11. The Labute approximate surface area is 96.3 Å². The Morgan fingerprint density at radius 1 is 1.31 bits per heavy atom. The molecule has 2 aromatic rings. The first-order chi connectivity index (χ1) is 7.47. The smallest absolute Gasteiger partial charge is 0.109 e. The summed E-state index contributed by atoms with van der Waals surface area (Å²) < 4.78 is 2.15. The summed E-state index contributed by atoms with van der Waals surface area (Å²) in [7, 11) is 2.06. The van der Waals surface area contributed by atoms with Gasteiger partial charge in [0.25, 0.3) is 0 Å². The SMILES string of the molecule is Cn1c(CCC(C)(C)N)nc2ccccc21. The monoisotopic (exact) mass is 217 g/mol. The molecule has 1 aromatic carbocycles. The summed E-state index contributed by atoms with van der Waals surface area (Å²) in [4.78, 5) is 4.62. The second-order valence-corrected chi connectivity index (χ2v) is 5.06. The summed E-state index contributed by atoms with van der Waals surface area (Å²) in [6.07, 6.45) is 1.87. The van der Waals surface area contributed by atoms with E-state index in [1.807, 2.05) is 18.2 Å². The van der Waals surface area contributed by atoms with Crippen LogP contribution in [0, 0.1) is 0 Å². The van der Waals surface area contributed by atoms with Crippen molar-refractivity contribution in [3.05, 3.63) is 30.1 Å². The summed E-state index contributed by atoms with van der Waals surface area (Å²) in [5.41, 5.74) is 8.12. The van der Waals surface area contributed by atoms with Crippen molar-refractivity contribution in [2.45, 2.75) is 32.2 Å². The van der Waals surface area contributed by atoms with Gasteiger partial charge in [0.1, 0.15) is 5.82 Å². The van der Waals surface area contributed by atoms with Gasteiger partial charge in [-0.25, -0.2) is 4.98 Å². The number of hydrogen-bond acceptors (Lipinski definition) is 2. The maximum atomic E-state index is 5.99. The van der Waals surface area contributed by atoms with Gasteiger partial charge in [-0.1, -0.05) is 12.1 Å². The van der Waals surface area contributed by atoms with E-state index in [2.05, 4.69) is 36.5 Å². The average molecular weight is 217 g/mol. The summed E-state index contributed by atoms with van der Waals surface area (Å²) in [5, 5.41) is 0. The number of aromatic nitrogens is 2. The lowest BCUT2D eigenvalue weighted by Crippen LogP contribution is -2.32. The number of para-hydroxylation sites is 2. The van der Waals surface area contributed by atoms with Crippen LogP contribution in [0.4, 0.5) is 0 Å². The molecule has 1 heterocycles. The molecule has 0 saturated carbocycles. The zero-order valence-corrected chi connectivity index (χ0v) is 10.2. The Hall–Kier alpha value is -1.35. The van der Waals surface area contributed by atoms with E-state index in [1.54, 1.807) is 0 Å². The first-order valence-electron chi connectivity index (χ1n) is 5.66. The highest BCUT2D eigenvalue weighted by molar-refractivity contribution is 5.75. The Bertz CT molecular complexity index is 491. The van der Waals surface area contributed by atoms with Crippen molar-refractivity contribution < 1.29 is 0 Å². The molecule has 16 heavy (non-hydrogen) atoms. The van der Waals surface area contributed by atoms with E-state index in [0.29, 0.717) is 0 Å². The van der Waals surface area contributed by atoms with Crippen LogP contribution >= 0.6 is 0 Å². The van der Waals surface area contributed by atoms with Gasteiger partial charge in [-0.3, -0.25) is 0 Å². The van der Waals surface area contributed by atoms with Gasteiger partial charge < -0.3 is 10.3 Å². The molecule has 0 amide bonds. The van der Waals surface area contributed by atoms with Crippen molar-refractivity contribution in [1.82, 2.24) is 9.55 Å². The number of rotatable bonds is 3. The van der Waals surface area contributed by atoms with Crippen molar-refractivity contribution in [3.8, 4) is 0 Å². The maximum Gasteiger partial charge on any atom is 0.109 e.